The number of hydroxylamine groups is 2. The van der Waals surface area contributed by atoms with Gasteiger partial charge in [-0.15, -0.1) is 5.06 Å². The predicted octanol–water partition coefficient (Wildman–Crippen LogP) is 3.91. The molecule has 0 radical (unpaired) electrons. The third kappa shape index (κ3) is 7.98. The van der Waals surface area contributed by atoms with E-state index in [0.29, 0.717) is 37.4 Å². The minimum Gasteiger partial charge on any atom is -0.474 e. The molecular weight excluding hydrogens is 483 g/mol. The van der Waals surface area contributed by atoms with Crippen molar-refractivity contribution in [3.63, 3.8) is 0 Å². The molecule has 2 aliphatic rings. The Balaban J connectivity index is 1.30. The molecule has 2 aliphatic heterocycles. The van der Waals surface area contributed by atoms with Crippen LogP contribution in [-0.4, -0.2) is 84.2 Å². The van der Waals surface area contributed by atoms with Crippen LogP contribution < -0.4 is 9.47 Å². The summed E-state index contributed by atoms with van der Waals surface area (Å²) in [5, 5.41) is 1.57. The fourth-order valence-corrected chi connectivity index (χ4v) is 4.16. The Kier molecular flexibility index (Phi) is 9.48. The number of piperidine rings is 1. The number of hydrogen-bond acceptors (Lipinski definition) is 10. The number of morpholine rings is 1. The van der Waals surface area contributed by atoms with Gasteiger partial charge in [-0.2, -0.15) is 0 Å². The standard InChI is InChI=1S/C26H35FN4O6/c1-18(2)34-26(32)37-31-10-7-21(8-11-31)35-24-19(3)25(29-17-28-24)36-23-5-4-20(16-22(23)27)6-9-30-12-14-33-15-13-30/h4-5,16-18,21H,6-15H2,1-3H3. The lowest BCUT2D eigenvalue weighted by Gasteiger charge is -2.30. The SMILES string of the molecule is Cc1c(Oc2ccc(CCN3CCOCC3)cc2F)ncnc1OC1CCN(OC(=O)OC(C)C)CC1. The van der Waals surface area contributed by atoms with Gasteiger partial charge in [0.25, 0.3) is 0 Å². The second-order valence-corrected chi connectivity index (χ2v) is 9.43. The zero-order chi connectivity index (χ0) is 26.2. The number of aromatic nitrogens is 2. The summed E-state index contributed by atoms with van der Waals surface area (Å²) in [6.45, 7) is 10.5. The lowest BCUT2D eigenvalue weighted by atomic mass is 10.1. The van der Waals surface area contributed by atoms with Gasteiger partial charge in [0.05, 0.1) is 24.9 Å². The van der Waals surface area contributed by atoms with Gasteiger partial charge in [-0.1, -0.05) is 6.07 Å². The Bertz CT molecular complexity index is 1040. The van der Waals surface area contributed by atoms with Crippen LogP contribution in [0.5, 0.6) is 17.5 Å². The molecule has 0 amide bonds. The molecule has 0 aliphatic carbocycles. The summed E-state index contributed by atoms with van der Waals surface area (Å²) >= 11 is 0. The van der Waals surface area contributed by atoms with Crippen LogP contribution in [0.15, 0.2) is 24.5 Å². The second-order valence-electron chi connectivity index (χ2n) is 9.43. The summed E-state index contributed by atoms with van der Waals surface area (Å²) in [7, 11) is 0. The Morgan fingerprint density at radius 1 is 1.14 bits per heavy atom. The zero-order valence-corrected chi connectivity index (χ0v) is 21.7. The summed E-state index contributed by atoms with van der Waals surface area (Å²) in [5.41, 5.74) is 1.49. The molecule has 10 nitrogen and oxygen atoms in total. The smallest absolute Gasteiger partial charge is 0.474 e. The molecule has 202 valence electrons. The number of carbonyl (C=O) groups excluding carboxylic acids is 1. The predicted molar refractivity (Wildman–Crippen MR) is 132 cm³/mol. The van der Waals surface area contributed by atoms with E-state index >= 15 is 0 Å². The molecule has 2 fully saturated rings. The first-order valence-electron chi connectivity index (χ1n) is 12.8. The molecule has 2 aromatic rings. The second kappa shape index (κ2) is 13.0. The quantitative estimate of drug-likeness (QED) is 0.455. The average Bonchev–Trinajstić information content (AvgIpc) is 2.88. The molecule has 2 saturated heterocycles. The van der Waals surface area contributed by atoms with Crippen molar-refractivity contribution in [3.05, 3.63) is 41.5 Å². The van der Waals surface area contributed by atoms with E-state index in [-0.39, 0.29) is 23.8 Å². The molecular formula is C26H35FN4O6. The van der Waals surface area contributed by atoms with Crippen LogP contribution in [0.2, 0.25) is 0 Å². The van der Waals surface area contributed by atoms with Crippen molar-refractivity contribution in [2.75, 3.05) is 45.9 Å². The highest BCUT2D eigenvalue weighted by molar-refractivity contribution is 5.59. The number of rotatable bonds is 9. The van der Waals surface area contributed by atoms with E-state index in [9.17, 15) is 9.18 Å². The lowest BCUT2D eigenvalue weighted by Crippen LogP contribution is -2.40. The van der Waals surface area contributed by atoms with Gasteiger partial charge in [-0.3, -0.25) is 4.90 Å². The summed E-state index contributed by atoms with van der Waals surface area (Å²) < 4.78 is 37.1. The van der Waals surface area contributed by atoms with E-state index in [1.165, 1.54) is 12.4 Å². The van der Waals surface area contributed by atoms with E-state index in [1.807, 2.05) is 6.07 Å². The minimum atomic E-state index is -0.708. The van der Waals surface area contributed by atoms with Crippen LogP contribution in [0.4, 0.5) is 9.18 Å². The Hall–Kier alpha value is -3.02. The van der Waals surface area contributed by atoms with E-state index in [1.54, 1.807) is 31.9 Å². The highest BCUT2D eigenvalue weighted by Crippen LogP contribution is 2.31. The van der Waals surface area contributed by atoms with E-state index in [4.69, 9.17) is 23.8 Å². The van der Waals surface area contributed by atoms with Crippen molar-refractivity contribution in [2.45, 2.75) is 52.2 Å². The van der Waals surface area contributed by atoms with Crippen molar-refractivity contribution in [3.8, 4) is 17.5 Å². The van der Waals surface area contributed by atoms with Gasteiger partial charge in [0.2, 0.25) is 11.8 Å². The summed E-state index contributed by atoms with van der Waals surface area (Å²) in [6, 6.07) is 5.02. The number of halogens is 1. The van der Waals surface area contributed by atoms with Gasteiger partial charge in [0, 0.05) is 45.6 Å². The fourth-order valence-electron chi connectivity index (χ4n) is 4.16. The first-order chi connectivity index (χ1) is 17.9. The van der Waals surface area contributed by atoms with Crippen molar-refractivity contribution < 1.29 is 33.0 Å². The number of benzene rings is 1. The summed E-state index contributed by atoms with van der Waals surface area (Å²) in [5.74, 6) is 0.276. The highest BCUT2D eigenvalue weighted by Gasteiger charge is 2.25. The van der Waals surface area contributed by atoms with Gasteiger partial charge < -0.3 is 23.8 Å². The molecule has 0 saturated carbocycles. The minimum absolute atomic E-state index is 0.0987. The topological polar surface area (TPSA) is 95.5 Å². The Labute approximate surface area is 216 Å². The van der Waals surface area contributed by atoms with E-state index in [2.05, 4.69) is 14.9 Å². The van der Waals surface area contributed by atoms with Crippen LogP contribution in [0, 0.1) is 12.7 Å². The van der Waals surface area contributed by atoms with Gasteiger partial charge >= 0.3 is 6.16 Å². The monoisotopic (exact) mass is 518 g/mol. The largest absolute Gasteiger partial charge is 0.528 e. The van der Waals surface area contributed by atoms with Crippen LogP contribution in [-0.2, 0) is 20.7 Å². The molecule has 0 atom stereocenters. The van der Waals surface area contributed by atoms with Gasteiger partial charge in [0.15, 0.2) is 11.6 Å². The maximum Gasteiger partial charge on any atom is 0.528 e. The molecule has 4 rings (SSSR count). The first kappa shape index (κ1) is 27.0. The molecule has 3 heterocycles. The van der Waals surface area contributed by atoms with Crippen LogP contribution in [0.25, 0.3) is 0 Å². The molecule has 37 heavy (non-hydrogen) atoms. The third-order valence-corrected chi connectivity index (χ3v) is 6.23. The number of nitrogens with zero attached hydrogens (tertiary/aromatic N) is 4. The maximum atomic E-state index is 14.8. The molecule has 0 N–H and O–H groups in total. The number of hydrogen-bond donors (Lipinski definition) is 0. The maximum absolute atomic E-state index is 14.8. The van der Waals surface area contributed by atoms with Crippen molar-refractivity contribution in [2.24, 2.45) is 0 Å². The molecule has 0 bridgehead atoms. The van der Waals surface area contributed by atoms with Crippen molar-refractivity contribution in [1.82, 2.24) is 19.9 Å². The van der Waals surface area contributed by atoms with E-state index in [0.717, 1.165) is 44.8 Å². The van der Waals surface area contributed by atoms with Crippen molar-refractivity contribution >= 4 is 6.16 Å². The fraction of sp³-hybridized carbons (Fsp3) is 0.577. The third-order valence-electron chi connectivity index (χ3n) is 6.23. The molecule has 1 aromatic heterocycles. The average molecular weight is 519 g/mol. The van der Waals surface area contributed by atoms with Crippen LogP contribution in [0.1, 0.15) is 37.8 Å². The summed E-state index contributed by atoms with van der Waals surface area (Å²) in [6.07, 6.45) is 2.30. The molecule has 11 heteroatoms. The van der Waals surface area contributed by atoms with Gasteiger partial charge in [-0.05, 0) is 44.9 Å². The summed E-state index contributed by atoms with van der Waals surface area (Å²) in [4.78, 5) is 27.6. The Morgan fingerprint density at radius 3 is 2.57 bits per heavy atom. The number of carbonyl (C=O) groups is 1. The Morgan fingerprint density at radius 2 is 1.86 bits per heavy atom. The normalized spacial score (nSPS) is 17.5. The zero-order valence-electron chi connectivity index (χ0n) is 21.7. The molecule has 0 spiro atoms. The number of ether oxygens (including phenoxy) is 4. The highest BCUT2D eigenvalue weighted by atomic mass is 19.1. The van der Waals surface area contributed by atoms with Gasteiger partial charge in [0.1, 0.15) is 12.4 Å². The molecule has 1 aromatic carbocycles. The first-order valence-corrected chi connectivity index (χ1v) is 12.8. The molecule has 0 unspecified atom stereocenters. The van der Waals surface area contributed by atoms with E-state index < -0.39 is 12.0 Å². The van der Waals surface area contributed by atoms with Crippen molar-refractivity contribution in [1.29, 1.82) is 0 Å². The van der Waals surface area contributed by atoms with Crippen LogP contribution >= 0.6 is 0 Å². The lowest BCUT2D eigenvalue weighted by molar-refractivity contribution is -0.151. The van der Waals surface area contributed by atoms with Gasteiger partial charge in [-0.25, -0.2) is 19.2 Å². The van der Waals surface area contributed by atoms with Crippen LogP contribution in [0.3, 0.4) is 0 Å².